The van der Waals surface area contributed by atoms with Crippen molar-refractivity contribution in [1.82, 2.24) is 9.59 Å². The van der Waals surface area contributed by atoms with Gasteiger partial charge in [-0.05, 0) is 11.5 Å². The standard InChI is InChI=1S/C2H2N2S.Ag/c1-2-5-4-3-1;/h1-2H;. The van der Waals surface area contributed by atoms with Gasteiger partial charge in [0.25, 0.3) is 0 Å². The molecule has 0 aliphatic rings. The van der Waals surface area contributed by atoms with E-state index in [2.05, 4.69) is 9.59 Å². The van der Waals surface area contributed by atoms with Crippen molar-refractivity contribution in [2.45, 2.75) is 0 Å². The molecule has 1 heterocycles. The van der Waals surface area contributed by atoms with Crippen molar-refractivity contribution in [3.05, 3.63) is 11.6 Å². The van der Waals surface area contributed by atoms with Gasteiger partial charge in [-0.3, -0.25) is 0 Å². The van der Waals surface area contributed by atoms with Crippen LogP contribution in [-0.2, 0) is 22.4 Å². The Morgan fingerprint density at radius 3 is 2.50 bits per heavy atom. The first kappa shape index (κ1) is 6.30. The molecule has 0 unspecified atom stereocenters. The van der Waals surface area contributed by atoms with E-state index < -0.39 is 0 Å². The van der Waals surface area contributed by atoms with E-state index in [9.17, 15) is 0 Å². The van der Waals surface area contributed by atoms with Gasteiger partial charge in [0.2, 0.25) is 0 Å². The summed E-state index contributed by atoms with van der Waals surface area (Å²) in [7, 11) is 0. The van der Waals surface area contributed by atoms with Crippen LogP contribution in [0.1, 0.15) is 0 Å². The zero-order chi connectivity index (χ0) is 3.54. The molecule has 6 heavy (non-hydrogen) atoms. The van der Waals surface area contributed by atoms with Gasteiger partial charge >= 0.3 is 0 Å². The molecule has 0 spiro atoms. The Balaban J connectivity index is 0.000000250. The molecule has 37 valence electrons. The third-order valence-corrected chi connectivity index (χ3v) is 0.715. The largest absolute Gasteiger partial charge is 0.147 e. The fourth-order valence-electron chi connectivity index (χ4n) is 0.136. The minimum absolute atomic E-state index is 0. The molecule has 4 heteroatoms. The Hall–Kier alpha value is 0.300. The fourth-order valence-corrected chi connectivity index (χ4v) is 0.408. The van der Waals surface area contributed by atoms with Crippen molar-refractivity contribution in [3.8, 4) is 0 Å². The van der Waals surface area contributed by atoms with E-state index in [1.54, 1.807) is 6.20 Å². The molecule has 0 aliphatic carbocycles. The molecule has 0 N–H and O–H groups in total. The Bertz CT molecular complexity index is 68.0. The molecule has 1 aromatic rings. The minimum Gasteiger partial charge on any atom is -0.147 e. The summed E-state index contributed by atoms with van der Waals surface area (Å²) < 4.78 is 3.51. The molecule has 0 saturated heterocycles. The summed E-state index contributed by atoms with van der Waals surface area (Å²) in [4.78, 5) is 0. The summed E-state index contributed by atoms with van der Waals surface area (Å²) in [5.74, 6) is 0. The van der Waals surface area contributed by atoms with Gasteiger partial charge in [-0.15, -0.1) is 5.10 Å². The molecule has 0 amide bonds. The molecule has 0 fully saturated rings. The molecule has 1 rings (SSSR count). The normalized spacial score (nSPS) is 6.67. The zero-order valence-corrected chi connectivity index (χ0v) is 5.06. The predicted molar refractivity (Wildman–Crippen MR) is 19.9 cm³/mol. The van der Waals surface area contributed by atoms with E-state index in [0.717, 1.165) is 0 Å². The number of aromatic nitrogens is 2. The van der Waals surface area contributed by atoms with Gasteiger partial charge < -0.3 is 0 Å². The van der Waals surface area contributed by atoms with Gasteiger partial charge in [0.1, 0.15) is 0 Å². The molecular weight excluding hydrogens is 192 g/mol. The zero-order valence-electron chi connectivity index (χ0n) is 2.76. The van der Waals surface area contributed by atoms with Gasteiger partial charge in [-0.2, -0.15) is 0 Å². The molecule has 1 radical (unpaired) electrons. The Morgan fingerprint density at radius 1 is 1.50 bits per heavy atom. The van der Waals surface area contributed by atoms with E-state index in [-0.39, 0.29) is 22.4 Å². The second-order valence-corrected chi connectivity index (χ2v) is 1.23. The molecule has 1 aromatic heterocycles. The number of rotatable bonds is 0. The van der Waals surface area contributed by atoms with Crippen LogP contribution in [0.5, 0.6) is 0 Å². The first-order valence-electron chi connectivity index (χ1n) is 1.21. The van der Waals surface area contributed by atoms with Crippen LogP contribution in [0.2, 0.25) is 0 Å². The van der Waals surface area contributed by atoms with E-state index in [1.807, 2.05) is 5.38 Å². The summed E-state index contributed by atoms with van der Waals surface area (Å²) >= 11 is 1.35. The van der Waals surface area contributed by atoms with Crippen LogP contribution in [0.4, 0.5) is 0 Å². The SMILES string of the molecule is [Ag].c1csnn1. The van der Waals surface area contributed by atoms with Crippen molar-refractivity contribution < 1.29 is 22.4 Å². The molecule has 0 saturated carbocycles. The maximum Gasteiger partial charge on any atom is 0.0620 e. The van der Waals surface area contributed by atoms with Crippen molar-refractivity contribution in [1.29, 1.82) is 0 Å². The molecular formula is C2H2AgN2S. The van der Waals surface area contributed by atoms with E-state index in [0.29, 0.717) is 0 Å². The van der Waals surface area contributed by atoms with Gasteiger partial charge in [0.15, 0.2) is 0 Å². The summed E-state index contributed by atoms with van der Waals surface area (Å²) in [6.45, 7) is 0. The van der Waals surface area contributed by atoms with Crippen LogP contribution in [0.3, 0.4) is 0 Å². The number of nitrogens with zero attached hydrogens (tertiary/aromatic N) is 2. The van der Waals surface area contributed by atoms with E-state index >= 15 is 0 Å². The monoisotopic (exact) mass is 193 g/mol. The molecule has 0 aromatic carbocycles. The van der Waals surface area contributed by atoms with Gasteiger partial charge in [-0.1, -0.05) is 4.49 Å². The van der Waals surface area contributed by atoms with Gasteiger partial charge in [0.05, 0.1) is 6.20 Å². The van der Waals surface area contributed by atoms with Crippen molar-refractivity contribution >= 4 is 11.5 Å². The fraction of sp³-hybridized carbons (Fsp3) is 0. The summed E-state index contributed by atoms with van der Waals surface area (Å²) in [5.41, 5.74) is 0. The van der Waals surface area contributed by atoms with Crippen molar-refractivity contribution in [2.75, 3.05) is 0 Å². The Morgan fingerprint density at radius 2 is 2.33 bits per heavy atom. The third-order valence-electron chi connectivity index (χ3n) is 0.283. The molecule has 2 nitrogen and oxygen atoms in total. The first-order chi connectivity index (χ1) is 2.50. The van der Waals surface area contributed by atoms with Crippen molar-refractivity contribution in [3.63, 3.8) is 0 Å². The summed E-state index contributed by atoms with van der Waals surface area (Å²) in [6.07, 6.45) is 1.66. The van der Waals surface area contributed by atoms with Gasteiger partial charge in [-0.25, -0.2) is 0 Å². The Kier molecular flexibility index (Phi) is 3.66. The predicted octanol–water partition coefficient (Wildman–Crippen LogP) is 0.536. The second-order valence-electron chi connectivity index (χ2n) is 0.588. The maximum absolute atomic E-state index is 3.51. The van der Waals surface area contributed by atoms with Crippen LogP contribution in [0.15, 0.2) is 11.6 Å². The van der Waals surface area contributed by atoms with E-state index in [4.69, 9.17) is 0 Å². The van der Waals surface area contributed by atoms with Gasteiger partial charge in [0, 0.05) is 27.8 Å². The quantitative estimate of drug-likeness (QED) is 0.563. The van der Waals surface area contributed by atoms with Crippen LogP contribution in [0.25, 0.3) is 0 Å². The molecule has 0 aliphatic heterocycles. The average molecular weight is 194 g/mol. The van der Waals surface area contributed by atoms with Crippen LogP contribution >= 0.6 is 11.5 Å². The van der Waals surface area contributed by atoms with Crippen LogP contribution < -0.4 is 0 Å². The maximum atomic E-state index is 3.51. The number of hydrogen-bond donors (Lipinski definition) is 0. The summed E-state index contributed by atoms with van der Waals surface area (Å²) in [6, 6.07) is 0. The smallest absolute Gasteiger partial charge is 0.0620 e. The average Bonchev–Trinajstić information content (AvgIpc) is 1.76. The molecule has 0 atom stereocenters. The van der Waals surface area contributed by atoms with Crippen molar-refractivity contribution in [2.24, 2.45) is 0 Å². The first-order valence-corrected chi connectivity index (χ1v) is 2.05. The number of hydrogen-bond acceptors (Lipinski definition) is 3. The third kappa shape index (κ3) is 1.67. The summed E-state index contributed by atoms with van der Waals surface area (Å²) in [5, 5.41) is 5.31. The molecule has 0 bridgehead atoms. The Labute approximate surface area is 55.3 Å². The second kappa shape index (κ2) is 3.49. The topological polar surface area (TPSA) is 25.8 Å². The van der Waals surface area contributed by atoms with E-state index in [1.165, 1.54) is 11.5 Å². The minimum atomic E-state index is 0. The van der Waals surface area contributed by atoms with Crippen LogP contribution in [0, 0.1) is 0 Å². The van der Waals surface area contributed by atoms with Crippen LogP contribution in [-0.4, -0.2) is 9.59 Å².